The Labute approximate surface area is 219 Å². The summed E-state index contributed by atoms with van der Waals surface area (Å²) in [6.45, 7) is 13.7. The molecule has 0 spiro atoms. The lowest BCUT2D eigenvalue weighted by atomic mass is 9.98. The summed E-state index contributed by atoms with van der Waals surface area (Å²) in [7, 11) is 0. The summed E-state index contributed by atoms with van der Waals surface area (Å²) in [4.78, 5) is 38.6. The average molecular weight is 503 g/mol. The van der Waals surface area contributed by atoms with Gasteiger partial charge in [0.05, 0.1) is 18.0 Å². The Morgan fingerprint density at radius 2 is 1.84 bits per heavy atom. The third-order valence-electron chi connectivity index (χ3n) is 6.53. The van der Waals surface area contributed by atoms with E-state index in [1.165, 1.54) is 12.3 Å². The van der Waals surface area contributed by atoms with Crippen molar-refractivity contribution in [1.82, 2.24) is 19.1 Å². The van der Waals surface area contributed by atoms with Crippen LogP contribution in [0.5, 0.6) is 0 Å². The Hall–Kier alpha value is -5.03. The van der Waals surface area contributed by atoms with Gasteiger partial charge >= 0.3 is 0 Å². The highest BCUT2D eigenvalue weighted by Gasteiger charge is 2.20. The highest BCUT2D eigenvalue weighted by Crippen LogP contribution is 2.31. The molecule has 8 heteroatoms. The molecule has 0 aliphatic carbocycles. The second-order valence-corrected chi connectivity index (χ2v) is 8.99. The molecule has 0 amide bonds. The molecular formula is C30H26N6O2. The lowest BCUT2D eigenvalue weighted by molar-refractivity contribution is 0.728. The molecule has 0 fully saturated rings. The molecule has 0 bridgehead atoms. The maximum absolute atomic E-state index is 14.3. The van der Waals surface area contributed by atoms with Crippen LogP contribution in [0.1, 0.15) is 31.4 Å². The molecule has 5 rings (SSSR count). The van der Waals surface area contributed by atoms with E-state index in [0.717, 1.165) is 27.9 Å². The number of aryl methyl sites for hydroxylation is 2. The monoisotopic (exact) mass is 502 g/mol. The standard InChI is InChI=1S/C30H26N6O2/c1-5-35-18-22(14-15-27(35)37)24-13-9-10-21-16-26(19(2)33-29-25(31-4)17-32-20(3)34-29)36(30(38)28(21)24)23-11-7-6-8-12-23/h6-19H,5H2,1-3H3,(H,32,33,34)/t19-/m0/s1. The molecule has 2 aromatic carbocycles. The minimum absolute atomic E-state index is 0.0842. The van der Waals surface area contributed by atoms with Crippen molar-refractivity contribution in [2.75, 3.05) is 5.32 Å². The van der Waals surface area contributed by atoms with Crippen molar-refractivity contribution in [2.24, 2.45) is 0 Å². The minimum atomic E-state index is -0.368. The van der Waals surface area contributed by atoms with Crippen LogP contribution >= 0.6 is 0 Å². The summed E-state index contributed by atoms with van der Waals surface area (Å²) in [6, 6.07) is 20.1. The summed E-state index contributed by atoms with van der Waals surface area (Å²) in [5.41, 5.74) is 3.05. The number of nitrogens with zero attached hydrogens (tertiary/aromatic N) is 5. The van der Waals surface area contributed by atoms with Crippen LogP contribution < -0.4 is 16.4 Å². The van der Waals surface area contributed by atoms with Gasteiger partial charge in [-0.25, -0.2) is 9.83 Å². The number of fused-ring (bicyclic) bond motifs is 1. The summed E-state index contributed by atoms with van der Waals surface area (Å²) in [5, 5.41) is 4.67. The predicted molar refractivity (Wildman–Crippen MR) is 150 cm³/mol. The highest BCUT2D eigenvalue weighted by molar-refractivity contribution is 5.96. The van der Waals surface area contributed by atoms with Crippen molar-refractivity contribution < 1.29 is 0 Å². The van der Waals surface area contributed by atoms with E-state index in [1.807, 2.05) is 68.4 Å². The zero-order valence-electron chi connectivity index (χ0n) is 21.3. The van der Waals surface area contributed by atoms with Crippen LogP contribution in [-0.2, 0) is 6.54 Å². The van der Waals surface area contributed by atoms with Crippen molar-refractivity contribution in [3.8, 4) is 16.8 Å². The van der Waals surface area contributed by atoms with Gasteiger partial charge in [0.15, 0.2) is 0 Å². The number of hydrogen-bond acceptors (Lipinski definition) is 5. The molecule has 0 saturated carbocycles. The van der Waals surface area contributed by atoms with E-state index in [-0.39, 0.29) is 17.2 Å². The topological polar surface area (TPSA) is 86.2 Å². The second kappa shape index (κ2) is 10.1. The van der Waals surface area contributed by atoms with Gasteiger partial charge in [-0.15, -0.1) is 0 Å². The van der Waals surface area contributed by atoms with Crippen LogP contribution in [-0.4, -0.2) is 19.1 Å². The molecule has 1 atom stereocenters. The number of rotatable bonds is 6. The first-order valence-corrected chi connectivity index (χ1v) is 12.3. The third kappa shape index (κ3) is 4.46. The van der Waals surface area contributed by atoms with Crippen molar-refractivity contribution in [3.63, 3.8) is 0 Å². The van der Waals surface area contributed by atoms with E-state index < -0.39 is 0 Å². The molecule has 8 nitrogen and oxygen atoms in total. The fourth-order valence-electron chi connectivity index (χ4n) is 4.65. The van der Waals surface area contributed by atoms with Gasteiger partial charge in [0.2, 0.25) is 5.69 Å². The van der Waals surface area contributed by atoms with Crippen molar-refractivity contribution in [3.05, 3.63) is 123 Å². The summed E-state index contributed by atoms with van der Waals surface area (Å²) in [5.74, 6) is 0.965. The SMILES string of the molecule is [C-]#[N+]c1cnc(C)nc1N[C@@H](C)c1cc2cccc(-c3ccc(=O)n(CC)c3)c2c(=O)n1-c1ccccc1. The van der Waals surface area contributed by atoms with Gasteiger partial charge in [-0.3, -0.25) is 19.1 Å². The Kier molecular flexibility index (Phi) is 6.58. The summed E-state index contributed by atoms with van der Waals surface area (Å²) >= 11 is 0. The van der Waals surface area contributed by atoms with E-state index in [2.05, 4.69) is 20.1 Å². The predicted octanol–water partition coefficient (Wildman–Crippen LogP) is 5.66. The molecule has 3 aromatic heterocycles. The number of anilines is 1. The summed E-state index contributed by atoms with van der Waals surface area (Å²) < 4.78 is 3.33. The first-order chi connectivity index (χ1) is 18.4. The van der Waals surface area contributed by atoms with Crippen LogP contribution in [0.2, 0.25) is 0 Å². The minimum Gasteiger partial charge on any atom is -0.371 e. The Balaban J connectivity index is 1.75. The van der Waals surface area contributed by atoms with Crippen LogP contribution in [0.15, 0.2) is 88.7 Å². The largest absolute Gasteiger partial charge is 0.371 e. The quantitative estimate of drug-likeness (QED) is 0.303. The molecule has 5 aromatic rings. The Morgan fingerprint density at radius 1 is 1.05 bits per heavy atom. The molecule has 0 aliphatic rings. The van der Waals surface area contributed by atoms with Crippen LogP contribution in [0.3, 0.4) is 0 Å². The van der Waals surface area contributed by atoms with Gasteiger partial charge in [0.25, 0.3) is 11.1 Å². The third-order valence-corrected chi connectivity index (χ3v) is 6.53. The smallest absolute Gasteiger partial charge is 0.263 e. The van der Waals surface area contributed by atoms with Gasteiger partial charge in [0, 0.05) is 36.4 Å². The molecule has 0 radical (unpaired) electrons. The van der Waals surface area contributed by atoms with Crippen LogP contribution in [0, 0.1) is 13.5 Å². The molecule has 188 valence electrons. The molecule has 3 heterocycles. The van der Waals surface area contributed by atoms with Gasteiger partial charge in [-0.2, -0.15) is 0 Å². The molecule has 0 unspecified atom stereocenters. The van der Waals surface area contributed by atoms with Gasteiger partial charge < -0.3 is 9.88 Å². The number of para-hydroxylation sites is 1. The Bertz CT molecular complexity index is 1820. The second-order valence-electron chi connectivity index (χ2n) is 8.99. The molecule has 0 saturated heterocycles. The van der Waals surface area contributed by atoms with Crippen molar-refractivity contribution >= 4 is 22.3 Å². The summed E-state index contributed by atoms with van der Waals surface area (Å²) in [6.07, 6.45) is 3.29. The molecular weight excluding hydrogens is 476 g/mol. The van der Waals surface area contributed by atoms with E-state index in [0.29, 0.717) is 29.3 Å². The maximum Gasteiger partial charge on any atom is 0.263 e. The number of hydrogen-bond donors (Lipinski definition) is 1. The van der Waals surface area contributed by atoms with Crippen LogP contribution in [0.4, 0.5) is 11.5 Å². The van der Waals surface area contributed by atoms with Gasteiger partial charge in [-0.1, -0.05) is 36.4 Å². The number of benzene rings is 2. The fourth-order valence-corrected chi connectivity index (χ4v) is 4.65. The number of pyridine rings is 2. The van der Waals surface area contributed by atoms with E-state index in [9.17, 15) is 9.59 Å². The van der Waals surface area contributed by atoms with Gasteiger partial charge in [0.1, 0.15) is 11.6 Å². The lowest BCUT2D eigenvalue weighted by Gasteiger charge is -2.22. The molecule has 0 aliphatic heterocycles. The normalized spacial score (nSPS) is 11.7. The zero-order valence-corrected chi connectivity index (χ0v) is 21.3. The molecule has 1 N–H and O–H groups in total. The first-order valence-electron chi connectivity index (χ1n) is 12.3. The van der Waals surface area contributed by atoms with Crippen LogP contribution in [0.25, 0.3) is 32.4 Å². The molecule has 38 heavy (non-hydrogen) atoms. The zero-order chi connectivity index (χ0) is 26.8. The lowest BCUT2D eigenvalue weighted by Crippen LogP contribution is -2.26. The fraction of sp³-hybridized carbons (Fsp3) is 0.167. The Morgan fingerprint density at radius 3 is 2.58 bits per heavy atom. The van der Waals surface area contributed by atoms with E-state index in [4.69, 9.17) is 6.57 Å². The first kappa shape index (κ1) is 24.7. The maximum atomic E-state index is 14.3. The van der Waals surface area contributed by atoms with E-state index >= 15 is 0 Å². The van der Waals surface area contributed by atoms with Gasteiger partial charge in [-0.05, 0) is 61.5 Å². The van der Waals surface area contributed by atoms with Crippen molar-refractivity contribution in [2.45, 2.75) is 33.4 Å². The highest BCUT2D eigenvalue weighted by atomic mass is 16.1. The average Bonchev–Trinajstić information content (AvgIpc) is 2.93. The number of aromatic nitrogens is 4. The van der Waals surface area contributed by atoms with E-state index in [1.54, 1.807) is 28.3 Å². The van der Waals surface area contributed by atoms with Crippen molar-refractivity contribution in [1.29, 1.82) is 0 Å². The number of nitrogens with one attached hydrogen (secondary N) is 1.